The van der Waals surface area contributed by atoms with Crippen LogP contribution in [0.15, 0.2) is 35.4 Å². The number of hydrogen-bond donors (Lipinski definition) is 0. The van der Waals surface area contributed by atoms with Crippen molar-refractivity contribution in [2.45, 2.75) is 32.7 Å². The van der Waals surface area contributed by atoms with E-state index in [0.29, 0.717) is 12.3 Å². The van der Waals surface area contributed by atoms with Gasteiger partial charge in [0.15, 0.2) is 18.7 Å². The highest BCUT2D eigenvalue weighted by atomic mass is 16.5. The molecule has 0 N–H and O–H groups in total. The number of carbonyl (C=O) groups excluding carboxylic acids is 1. The van der Waals surface area contributed by atoms with Crippen LogP contribution >= 0.6 is 0 Å². The first-order chi connectivity index (χ1) is 10.8. The first-order valence-corrected chi connectivity index (χ1v) is 7.31. The molecule has 0 bridgehead atoms. The molecule has 2 rings (SSSR count). The molecule has 0 aliphatic carbocycles. The number of carbonyl (C=O) groups is 1. The van der Waals surface area contributed by atoms with Crippen LogP contribution in [0.25, 0.3) is 0 Å². The third kappa shape index (κ3) is 5.51. The van der Waals surface area contributed by atoms with Crippen LogP contribution in [0.3, 0.4) is 0 Å². The van der Waals surface area contributed by atoms with E-state index in [0.717, 1.165) is 18.7 Å². The summed E-state index contributed by atoms with van der Waals surface area (Å²) >= 11 is 0. The fraction of sp³-hybridized carbons (Fsp3) is 0.467. The molecule has 2 aromatic heterocycles. The van der Waals surface area contributed by atoms with Gasteiger partial charge in [0.25, 0.3) is 0 Å². The summed E-state index contributed by atoms with van der Waals surface area (Å²) in [4.78, 5) is 15.4. The molecular formula is C15H20N3O4+. The molecule has 118 valence electrons. The number of ether oxygens (including phenoxy) is 2. The van der Waals surface area contributed by atoms with Crippen LogP contribution in [0, 0.1) is 0 Å². The van der Waals surface area contributed by atoms with Gasteiger partial charge in [-0.25, -0.2) is 4.57 Å². The molecule has 0 aliphatic rings. The Kier molecular flexibility index (Phi) is 6.35. The summed E-state index contributed by atoms with van der Waals surface area (Å²) in [5, 5.41) is 3.47. The molecule has 0 aromatic carbocycles. The molecule has 0 aliphatic heterocycles. The lowest BCUT2D eigenvalue weighted by Gasteiger charge is -2.05. The van der Waals surface area contributed by atoms with Gasteiger partial charge in [-0.2, -0.15) is 4.98 Å². The van der Waals surface area contributed by atoms with Gasteiger partial charge in [0.05, 0.1) is 19.4 Å². The molecule has 0 saturated heterocycles. The van der Waals surface area contributed by atoms with E-state index in [9.17, 15) is 4.79 Å². The van der Waals surface area contributed by atoms with E-state index < -0.39 is 0 Å². The summed E-state index contributed by atoms with van der Waals surface area (Å²) in [6.45, 7) is 3.62. The van der Waals surface area contributed by atoms with Crippen molar-refractivity contribution in [2.75, 3.05) is 13.2 Å². The third-order valence-electron chi connectivity index (χ3n) is 2.90. The quantitative estimate of drug-likeness (QED) is 0.513. The normalized spacial score (nSPS) is 10.4. The number of nitrogens with zero attached hydrogens (tertiary/aromatic N) is 3. The summed E-state index contributed by atoms with van der Waals surface area (Å²) in [5.41, 5.74) is 0. The topological polar surface area (TPSA) is 78.3 Å². The van der Waals surface area contributed by atoms with Crippen molar-refractivity contribution in [1.29, 1.82) is 0 Å². The second-order valence-electron chi connectivity index (χ2n) is 4.68. The maximum absolute atomic E-state index is 11.5. The standard InChI is InChI=1S/C15H20N3O4/c1-2-7-18-8-3-13(4-9-18)20-11-6-15(19)21-10-5-14-16-12-17-22-14/h3-4,8-9,12H,2,5-7,10-11H2,1H3/q+1. The first-order valence-electron chi connectivity index (χ1n) is 7.31. The molecule has 0 fully saturated rings. The van der Waals surface area contributed by atoms with E-state index in [2.05, 4.69) is 21.6 Å². The van der Waals surface area contributed by atoms with Crippen molar-refractivity contribution in [1.82, 2.24) is 10.1 Å². The monoisotopic (exact) mass is 306 g/mol. The van der Waals surface area contributed by atoms with Crippen molar-refractivity contribution in [3.05, 3.63) is 36.7 Å². The molecule has 0 radical (unpaired) electrons. The predicted molar refractivity (Wildman–Crippen MR) is 76.0 cm³/mol. The Balaban J connectivity index is 1.60. The molecule has 0 unspecified atom stereocenters. The van der Waals surface area contributed by atoms with Gasteiger partial charge in [0, 0.05) is 18.6 Å². The smallest absolute Gasteiger partial charge is 0.309 e. The van der Waals surface area contributed by atoms with Crippen LogP contribution in [0.5, 0.6) is 5.75 Å². The minimum atomic E-state index is -0.309. The highest BCUT2D eigenvalue weighted by Gasteiger charge is 2.06. The minimum Gasteiger partial charge on any atom is -0.493 e. The number of esters is 1. The van der Waals surface area contributed by atoms with E-state index >= 15 is 0 Å². The fourth-order valence-electron chi connectivity index (χ4n) is 1.83. The summed E-state index contributed by atoms with van der Waals surface area (Å²) in [6, 6.07) is 3.77. The Labute approximate surface area is 128 Å². The zero-order valence-corrected chi connectivity index (χ0v) is 12.6. The minimum absolute atomic E-state index is 0.202. The van der Waals surface area contributed by atoms with Crippen molar-refractivity contribution < 1.29 is 23.4 Å². The lowest BCUT2D eigenvalue weighted by molar-refractivity contribution is -0.697. The van der Waals surface area contributed by atoms with Crippen LogP contribution in [-0.2, 0) is 22.5 Å². The van der Waals surface area contributed by atoms with E-state index in [1.807, 2.05) is 24.5 Å². The SMILES string of the molecule is CCC[n+]1ccc(OCCC(=O)OCCc2ncno2)cc1. The molecule has 0 atom stereocenters. The second kappa shape index (κ2) is 8.76. The van der Waals surface area contributed by atoms with Gasteiger partial charge in [0.1, 0.15) is 18.9 Å². The molecule has 0 spiro atoms. The first kappa shape index (κ1) is 15.9. The Hall–Kier alpha value is -2.44. The number of hydrogen-bond acceptors (Lipinski definition) is 6. The third-order valence-corrected chi connectivity index (χ3v) is 2.90. The van der Waals surface area contributed by atoms with Gasteiger partial charge in [-0.05, 0) is 0 Å². The molecular weight excluding hydrogens is 286 g/mol. The van der Waals surface area contributed by atoms with Crippen LogP contribution < -0.4 is 9.30 Å². The Morgan fingerprint density at radius 2 is 2.14 bits per heavy atom. The van der Waals surface area contributed by atoms with Crippen LogP contribution in [0.1, 0.15) is 25.7 Å². The summed E-state index contributed by atoms with van der Waals surface area (Å²) < 4.78 is 17.4. The van der Waals surface area contributed by atoms with Gasteiger partial charge >= 0.3 is 5.97 Å². The van der Waals surface area contributed by atoms with Crippen molar-refractivity contribution >= 4 is 5.97 Å². The van der Waals surface area contributed by atoms with Crippen LogP contribution in [0.2, 0.25) is 0 Å². The Morgan fingerprint density at radius 1 is 1.32 bits per heavy atom. The van der Waals surface area contributed by atoms with Gasteiger partial charge in [-0.1, -0.05) is 12.1 Å². The van der Waals surface area contributed by atoms with E-state index in [-0.39, 0.29) is 25.6 Å². The molecule has 7 nitrogen and oxygen atoms in total. The van der Waals surface area contributed by atoms with Crippen LogP contribution in [-0.4, -0.2) is 29.3 Å². The summed E-state index contributed by atoms with van der Waals surface area (Å²) in [6.07, 6.45) is 6.94. The number of aryl methyl sites for hydroxylation is 1. The van der Waals surface area contributed by atoms with Gasteiger partial charge in [-0.3, -0.25) is 4.79 Å². The molecule has 2 aromatic rings. The maximum atomic E-state index is 11.5. The number of aromatic nitrogens is 3. The second-order valence-corrected chi connectivity index (χ2v) is 4.68. The highest BCUT2D eigenvalue weighted by Crippen LogP contribution is 2.07. The zero-order chi connectivity index (χ0) is 15.6. The number of rotatable bonds is 9. The van der Waals surface area contributed by atoms with Crippen molar-refractivity contribution in [3.8, 4) is 5.75 Å². The zero-order valence-electron chi connectivity index (χ0n) is 12.6. The van der Waals surface area contributed by atoms with Crippen LogP contribution in [0.4, 0.5) is 0 Å². The highest BCUT2D eigenvalue weighted by molar-refractivity contribution is 5.69. The van der Waals surface area contributed by atoms with Crippen molar-refractivity contribution in [2.24, 2.45) is 0 Å². The Morgan fingerprint density at radius 3 is 2.82 bits per heavy atom. The molecule has 0 amide bonds. The summed E-state index contributed by atoms with van der Waals surface area (Å²) in [7, 11) is 0. The molecule has 2 heterocycles. The Bertz CT molecular complexity index is 555. The van der Waals surface area contributed by atoms with Crippen molar-refractivity contribution in [3.63, 3.8) is 0 Å². The summed E-state index contributed by atoms with van der Waals surface area (Å²) in [5.74, 6) is 0.885. The molecule has 22 heavy (non-hydrogen) atoms. The van der Waals surface area contributed by atoms with Gasteiger partial charge in [-0.15, -0.1) is 0 Å². The van der Waals surface area contributed by atoms with Gasteiger partial charge in [0.2, 0.25) is 5.89 Å². The van der Waals surface area contributed by atoms with E-state index in [4.69, 9.17) is 14.0 Å². The fourth-order valence-corrected chi connectivity index (χ4v) is 1.83. The van der Waals surface area contributed by atoms with Gasteiger partial charge < -0.3 is 14.0 Å². The van der Waals surface area contributed by atoms with E-state index in [1.54, 1.807) is 0 Å². The average molecular weight is 306 g/mol. The lowest BCUT2D eigenvalue weighted by atomic mass is 10.4. The maximum Gasteiger partial charge on any atom is 0.309 e. The predicted octanol–water partition coefficient (Wildman–Crippen LogP) is 1.32. The van der Waals surface area contributed by atoms with E-state index in [1.165, 1.54) is 6.33 Å². The average Bonchev–Trinajstić information content (AvgIpc) is 3.03. The molecule has 7 heteroatoms. The molecule has 0 saturated carbocycles. The lowest BCUT2D eigenvalue weighted by Crippen LogP contribution is -2.31. The largest absolute Gasteiger partial charge is 0.493 e. The number of pyridine rings is 1.